The fraction of sp³-hybridized carbons (Fsp3) is 0.778. The maximum absolute atomic E-state index is 13.1. The van der Waals surface area contributed by atoms with Crippen molar-refractivity contribution in [2.24, 2.45) is 23.7 Å². The van der Waals surface area contributed by atoms with Gasteiger partial charge in [0.1, 0.15) is 0 Å². The van der Waals surface area contributed by atoms with E-state index in [9.17, 15) is 14.7 Å². The number of carbonyl (C=O) groups excluding carboxylic acids is 1. The van der Waals surface area contributed by atoms with Crippen LogP contribution in [-0.4, -0.2) is 35.0 Å². The minimum atomic E-state index is -0.779. The van der Waals surface area contributed by atoms with Crippen LogP contribution in [0.15, 0.2) is 11.1 Å². The molecule has 0 radical (unpaired) electrons. The number of carboxylic acid groups (broad SMARTS) is 1. The Hall–Kier alpha value is -1.32. The Labute approximate surface area is 132 Å². The van der Waals surface area contributed by atoms with Crippen molar-refractivity contribution in [2.75, 3.05) is 13.1 Å². The van der Waals surface area contributed by atoms with Gasteiger partial charge in [-0.05, 0) is 51.4 Å². The van der Waals surface area contributed by atoms with E-state index in [0.29, 0.717) is 0 Å². The molecule has 22 heavy (non-hydrogen) atoms. The Morgan fingerprint density at radius 2 is 1.50 bits per heavy atom. The SMILES string of the molecule is CC(C)=C1[C@H]2CC[C@H]1[C@@H](C(=O)N1CCCCCC1)[C@@H]2C(=O)O. The van der Waals surface area contributed by atoms with Gasteiger partial charge in [0.15, 0.2) is 0 Å². The molecule has 4 heteroatoms. The van der Waals surface area contributed by atoms with Crippen LogP contribution in [0.2, 0.25) is 0 Å². The maximum Gasteiger partial charge on any atom is 0.307 e. The molecule has 0 aromatic heterocycles. The second kappa shape index (κ2) is 6.05. The Morgan fingerprint density at radius 3 is 2.00 bits per heavy atom. The van der Waals surface area contributed by atoms with Crippen LogP contribution in [0.25, 0.3) is 0 Å². The van der Waals surface area contributed by atoms with E-state index in [1.54, 1.807) is 0 Å². The number of allylic oxidation sites excluding steroid dienone is 2. The molecule has 4 nitrogen and oxygen atoms in total. The van der Waals surface area contributed by atoms with Crippen molar-refractivity contribution < 1.29 is 14.7 Å². The van der Waals surface area contributed by atoms with Gasteiger partial charge >= 0.3 is 5.97 Å². The highest BCUT2D eigenvalue weighted by atomic mass is 16.4. The lowest BCUT2D eigenvalue weighted by atomic mass is 9.78. The van der Waals surface area contributed by atoms with Crippen LogP contribution in [0.3, 0.4) is 0 Å². The predicted octanol–water partition coefficient (Wildman–Crippen LogP) is 3.08. The molecule has 122 valence electrons. The summed E-state index contributed by atoms with van der Waals surface area (Å²) in [7, 11) is 0. The molecule has 0 unspecified atom stereocenters. The molecule has 3 fully saturated rings. The topological polar surface area (TPSA) is 57.6 Å². The number of hydrogen-bond acceptors (Lipinski definition) is 2. The summed E-state index contributed by atoms with van der Waals surface area (Å²) in [6.45, 7) is 5.75. The number of aliphatic carboxylic acids is 1. The van der Waals surface area contributed by atoms with Crippen molar-refractivity contribution in [1.29, 1.82) is 0 Å². The molecule has 1 saturated heterocycles. The van der Waals surface area contributed by atoms with E-state index in [1.807, 2.05) is 4.90 Å². The first-order valence-corrected chi connectivity index (χ1v) is 8.71. The van der Waals surface area contributed by atoms with Gasteiger partial charge in [0.2, 0.25) is 5.91 Å². The molecular formula is C18H27NO3. The van der Waals surface area contributed by atoms with Gasteiger partial charge in [-0.2, -0.15) is 0 Å². The third-order valence-corrected chi connectivity index (χ3v) is 5.91. The van der Waals surface area contributed by atoms with Gasteiger partial charge in [-0.25, -0.2) is 0 Å². The molecule has 3 aliphatic rings. The van der Waals surface area contributed by atoms with Crippen LogP contribution in [-0.2, 0) is 9.59 Å². The highest BCUT2D eigenvalue weighted by Gasteiger charge is 2.57. The van der Waals surface area contributed by atoms with Gasteiger partial charge in [0, 0.05) is 13.1 Å². The first kappa shape index (κ1) is 15.6. The molecule has 0 aromatic carbocycles. The number of likely N-dealkylation sites (tertiary alicyclic amines) is 1. The Bertz CT molecular complexity index is 498. The largest absolute Gasteiger partial charge is 0.481 e. The second-order valence-electron chi connectivity index (χ2n) is 7.37. The molecule has 1 amide bonds. The average molecular weight is 305 g/mol. The van der Waals surface area contributed by atoms with E-state index in [0.717, 1.165) is 38.8 Å². The van der Waals surface area contributed by atoms with Crippen LogP contribution < -0.4 is 0 Å². The fourth-order valence-corrected chi connectivity index (χ4v) is 5.09. The van der Waals surface area contributed by atoms with E-state index in [-0.39, 0.29) is 23.7 Å². The molecule has 1 aliphatic heterocycles. The van der Waals surface area contributed by atoms with Gasteiger partial charge in [0.25, 0.3) is 0 Å². The smallest absolute Gasteiger partial charge is 0.307 e. The van der Waals surface area contributed by atoms with Crippen LogP contribution in [0.5, 0.6) is 0 Å². The summed E-state index contributed by atoms with van der Waals surface area (Å²) in [5.74, 6) is -1.22. The van der Waals surface area contributed by atoms with Crippen molar-refractivity contribution in [3.05, 3.63) is 11.1 Å². The highest BCUT2D eigenvalue weighted by Crippen LogP contribution is 2.57. The third kappa shape index (κ3) is 2.46. The first-order valence-electron chi connectivity index (χ1n) is 8.71. The molecule has 0 aromatic rings. The molecule has 1 N–H and O–H groups in total. The van der Waals surface area contributed by atoms with E-state index in [2.05, 4.69) is 13.8 Å². The molecular weight excluding hydrogens is 278 g/mol. The van der Waals surface area contributed by atoms with Gasteiger partial charge in [-0.1, -0.05) is 24.0 Å². The normalized spacial score (nSPS) is 34.6. The number of hydrogen-bond donors (Lipinski definition) is 1. The molecule has 2 saturated carbocycles. The zero-order valence-corrected chi connectivity index (χ0v) is 13.7. The summed E-state index contributed by atoms with van der Waals surface area (Å²) in [6.07, 6.45) is 6.40. The standard InChI is InChI=1S/C18H27NO3/c1-11(2)14-12-7-8-13(14)16(18(21)22)15(12)17(20)19-9-5-3-4-6-10-19/h12-13,15-16H,3-10H2,1-2H3,(H,21,22)/t12-,13-,15-,16-/m1/s1. The zero-order chi connectivity index (χ0) is 15.9. The Kier molecular flexibility index (Phi) is 4.28. The quantitative estimate of drug-likeness (QED) is 0.798. The Morgan fingerprint density at radius 1 is 0.955 bits per heavy atom. The van der Waals surface area contributed by atoms with Crippen molar-refractivity contribution >= 4 is 11.9 Å². The Balaban J connectivity index is 1.89. The van der Waals surface area contributed by atoms with E-state index in [4.69, 9.17) is 0 Å². The zero-order valence-electron chi connectivity index (χ0n) is 13.7. The third-order valence-electron chi connectivity index (χ3n) is 5.91. The van der Waals surface area contributed by atoms with Crippen LogP contribution in [0.1, 0.15) is 52.4 Å². The van der Waals surface area contributed by atoms with Crippen molar-refractivity contribution in [3.8, 4) is 0 Å². The van der Waals surface area contributed by atoms with E-state index in [1.165, 1.54) is 24.0 Å². The summed E-state index contributed by atoms with van der Waals surface area (Å²) < 4.78 is 0. The number of rotatable bonds is 2. The number of fused-ring (bicyclic) bond motifs is 2. The lowest BCUT2D eigenvalue weighted by Gasteiger charge is -2.31. The lowest BCUT2D eigenvalue weighted by Crippen LogP contribution is -2.44. The van der Waals surface area contributed by atoms with E-state index < -0.39 is 11.9 Å². The van der Waals surface area contributed by atoms with E-state index >= 15 is 0 Å². The second-order valence-corrected chi connectivity index (χ2v) is 7.37. The van der Waals surface area contributed by atoms with Crippen LogP contribution in [0, 0.1) is 23.7 Å². The minimum Gasteiger partial charge on any atom is -0.481 e. The average Bonchev–Trinajstić information content (AvgIpc) is 2.90. The summed E-state index contributed by atoms with van der Waals surface area (Å²) in [4.78, 5) is 26.9. The van der Waals surface area contributed by atoms with Gasteiger partial charge in [-0.3, -0.25) is 9.59 Å². The predicted molar refractivity (Wildman–Crippen MR) is 84.3 cm³/mol. The van der Waals surface area contributed by atoms with Crippen molar-refractivity contribution in [3.63, 3.8) is 0 Å². The van der Waals surface area contributed by atoms with Crippen LogP contribution >= 0.6 is 0 Å². The molecule has 2 aliphatic carbocycles. The van der Waals surface area contributed by atoms with Crippen molar-refractivity contribution in [2.45, 2.75) is 52.4 Å². The minimum absolute atomic E-state index is 0.0911. The lowest BCUT2D eigenvalue weighted by molar-refractivity contribution is -0.152. The van der Waals surface area contributed by atoms with Gasteiger partial charge < -0.3 is 10.0 Å². The molecule has 4 atom stereocenters. The summed E-state index contributed by atoms with van der Waals surface area (Å²) in [5, 5.41) is 9.71. The molecule has 3 rings (SSSR count). The van der Waals surface area contributed by atoms with Gasteiger partial charge in [-0.15, -0.1) is 0 Å². The van der Waals surface area contributed by atoms with Crippen LogP contribution in [0.4, 0.5) is 0 Å². The summed E-state index contributed by atoms with van der Waals surface area (Å²) >= 11 is 0. The first-order chi connectivity index (χ1) is 10.5. The maximum atomic E-state index is 13.1. The monoisotopic (exact) mass is 305 g/mol. The molecule has 2 bridgehead atoms. The number of carbonyl (C=O) groups is 2. The number of carboxylic acids is 1. The number of amides is 1. The van der Waals surface area contributed by atoms with Gasteiger partial charge in [0.05, 0.1) is 11.8 Å². The molecule has 0 spiro atoms. The van der Waals surface area contributed by atoms with Crippen molar-refractivity contribution in [1.82, 2.24) is 4.90 Å². The summed E-state index contributed by atoms with van der Waals surface area (Å²) in [5.41, 5.74) is 2.51. The molecule has 1 heterocycles. The highest BCUT2D eigenvalue weighted by molar-refractivity contribution is 5.87. The fourth-order valence-electron chi connectivity index (χ4n) is 5.09. The number of nitrogens with zero attached hydrogens (tertiary/aromatic N) is 1. The summed E-state index contributed by atoms with van der Waals surface area (Å²) in [6, 6.07) is 0.